The molecule has 0 aliphatic rings. The van der Waals surface area contributed by atoms with E-state index in [1.54, 1.807) is 29.5 Å². The first-order valence-corrected chi connectivity index (χ1v) is 8.27. The lowest BCUT2D eigenvalue weighted by Crippen LogP contribution is -2.39. The molecule has 2 N–H and O–H groups in total. The summed E-state index contributed by atoms with van der Waals surface area (Å²) >= 11 is 1.29. The van der Waals surface area contributed by atoms with Crippen LogP contribution in [0.3, 0.4) is 0 Å². The van der Waals surface area contributed by atoms with Crippen LogP contribution in [0.1, 0.15) is 24.3 Å². The van der Waals surface area contributed by atoms with Crippen molar-refractivity contribution in [3.63, 3.8) is 0 Å². The van der Waals surface area contributed by atoms with E-state index in [0.717, 1.165) is 0 Å². The minimum atomic E-state index is -0.453. The van der Waals surface area contributed by atoms with Crippen molar-refractivity contribution in [3.05, 3.63) is 45.5 Å². The number of thiazole rings is 1. The Balaban J connectivity index is 0.00000312. The first-order chi connectivity index (χ1) is 11.2. The minimum absolute atomic E-state index is 0. The van der Waals surface area contributed by atoms with E-state index in [1.807, 2.05) is 13.8 Å². The fraction of sp³-hybridized carbons (Fsp3) is 0.375. The van der Waals surface area contributed by atoms with Crippen molar-refractivity contribution in [2.24, 2.45) is 11.1 Å². The Labute approximate surface area is 156 Å². The summed E-state index contributed by atoms with van der Waals surface area (Å²) in [6.45, 7) is 4.98. The number of hydrogen-bond acceptors (Lipinski definition) is 6. The number of nitrogens with zero attached hydrogens (tertiary/aromatic N) is 3. The molecule has 136 valence electrons. The number of nitrogens with two attached hydrogens (primary N) is 1. The number of hydrogen-bond donors (Lipinski definition) is 1. The van der Waals surface area contributed by atoms with E-state index >= 15 is 0 Å². The Hall–Kier alpha value is -2.03. The molecule has 0 aliphatic carbocycles. The molecule has 9 heteroatoms. The Morgan fingerprint density at radius 1 is 1.44 bits per heavy atom. The average molecular weight is 385 g/mol. The van der Waals surface area contributed by atoms with E-state index in [-0.39, 0.29) is 29.4 Å². The Bertz CT molecular complexity index is 763. The van der Waals surface area contributed by atoms with Crippen LogP contribution >= 0.6 is 23.7 Å². The lowest BCUT2D eigenvalue weighted by Gasteiger charge is -2.28. The molecule has 0 radical (unpaired) electrons. The van der Waals surface area contributed by atoms with Crippen LogP contribution in [0.25, 0.3) is 10.6 Å². The standard InChI is InChI=1S/C16H20N4O3S.ClH/c1-16(2,9-17)10-19(3)15(21)13-8-24-14(18-13)11-5-4-6-12(7-11)20(22)23;/h4-8H,9-10,17H2,1-3H3;1H. The number of benzene rings is 1. The number of amides is 1. The van der Waals surface area contributed by atoms with Gasteiger partial charge in [-0.3, -0.25) is 14.9 Å². The molecule has 0 bridgehead atoms. The van der Waals surface area contributed by atoms with Gasteiger partial charge in [-0.25, -0.2) is 4.98 Å². The lowest BCUT2D eigenvalue weighted by atomic mass is 9.93. The van der Waals surface area contributed by atoms with Crippen molar-refractivity contribution >= 4 is 35.3 Å². The van der Waals surface area contributed by atoms with Gasteiger partial charge in [0, 0.05) is 36.7 Å². The van der Waals surface area contributed by atoms with Crippen molar-refractivity contribution in [3.8, 4) is 10.6 Å². The molecule has 0 aliphatic heterocycles. The number of halogens is 1. The summed E-state index contributed by atoms with van der Waals surface area (Å²) in [7, 11) is 1.71. The van der Waals surface area contributed by atoms with E-state index in [9.17, 15) is 14.9 Å². The maximum absolute atomic E-state index is 12.5. The molecule has 1 aromatic carbocycles. The molecule has 0 unspecified atom stereocenters. The topological polar surface area (TPSA) is 102 Å². The maximum atomic E-state index is 12.5. The zero-order valence-corrected chi connectivity index (χ0v) is 15.9. The quantitative estimate of drug-likeness (QED) is 0.608. The van der Waals surface area contributed by atoms with Crippen LogP contribution in [0, 0.1) is 15.5 Å². The highest BCUT2D eigenvalue weighted by atomic mass is 35.5. The van der Waals surface area contributed by atoms with Gasteiger partial charge in [0.25, 0.3) is 11.6 Å². The molecule has 1 amide bonds. The molecular weight excluding hydrogens is 364 g/mol. The SMILES string of the molecule is CN(CC(C)(C)CN)C(=O)c1csc(-c2cccc([N+](=O)[O-])c2)n1.Cl. The number of carbonyl (C=O) groups excluding carboxylic acids is 1. The number of carbonyl (C=O) groups is 1. The first-order valence-electron chi connectivity index (χ1n) is 7.39. The zero-order chi connectivity index (χ0) is 17.9. The van der Waals surface area contributed by atoms with E-state index < -0.39 is 4.92 Å². The maximum Gasteiger partial charge on any atom is 0.273 e. The highest BCUT2D eigenvalue weighted by Crippen LogP contribution is 2.27. The van der Waals surface area contributed by atoms with Crippen LogP contribution in [0.5, 0.6) is 0 Å². The fourth-order valence-corrected chi connectivity index (χ4v) is 3.02. The molecule has 2 rings (SSSR count). The molecule has 0 saturated carbocycles. The molecule has 0 saturated heterocycles. The van der Waals surface area contributed by atoms with Gasteiger partial charge in [0.05, 0.1) is 4.92 Å². The second kappa shape index (κ2) is 8.37. The van der Waals surface area contributed by atoms with Gasteiger partial charge in [-0.1, -0.05) is 26.0 Å². The van der Waals surface area contributed by atoms with Gasteiger partial charge in [0.2, 0.25) is 0 Å². The average Bonchev–Trinajstić information content (AvgIpc) is 3.03. The molecule has 2 aromatic rings. The third-order valence-corrected chi connectivity index (χ3v) is 4.48. The first kappa shape index (κ1) is 21.0. The summed E-state index contributed by atoms with van der Waals surface area (Å²) in [5.41, 5.74) is 6.48. The number of nitro groups is 1. The predicted octanol–water partition coefficient (Wildman–Crippen LogP) is 3.20. The molecule has 0 atom stereocenters. The third-order valence-electron chi connectivity index (χ3n) is 3.59. The van der Waals surface area contributed by atoms with E-state index in [4.69, 9.17) is 5.73 Å². The van der Waals surface area contributed by atoms with Crippen molar-refractivity contribution in [2.45, 2.75) is 13.8 Å². The summed E-state index contributed by atoms with van der Waals surface area (Å²) in [5, 5.41) is 13.1. The molecule has 1 aromatic heterocycles. The van der Waals surface area contributed by atoms with Gasteiger partial charge < -0.3 is 10.6 Å². The van der Waals surface area contributed by atoms with Gasteiger partial charge in [0.15, 0.2) is 0 Å². The lowest BCUT2D eigenvalue weighted by molar-refractivity contribution is -0.384. The molecule has 0 fully saturated rings. The summed E-state index contributed by atoms with van der Waals surface area (Å²) < 4.78 is 0. The largest absolute Gasteiger partial charge is 0.340 e. The molecule has 0 spiro atoms. The molecule has 7 nitrogen and oxygen atoms in total. The van der Waals surface area contributed by atoms with Crippen molar-refractivity contribution in [1.82, 2.24) is 9.88 Å². The summed E-state index contributed by atoms with van der Waals surface area (Å²) in [4.78, 5) is 28.8. The van der Waals surface area contributed by atoms with Gasteiger partial charge >= 0.3 is 0 Å². The third kappa shape index (κ3) is 5.22. The van der Waals surface area contributed by atoms with Crippen LogP contribution in [0.15, 0.2) is 29.6 Å². The van der Waals surface area contributed by atoms with Crippen molar-refractivity contribution < 1.29 is 9.72 Å². The summed E-state index contributed by atoms with van der Waals surface area (Å²) in [6.07, 6.45) is 0. The number of nitro benzene ring substituents is 1. The Kier molecular flexibility index (Phi) is 7.04. The van der Waals surface area contributed by atoms with Gasteiger partial charge in [-0.05, 0) is 12.0 Å². The predicted molar refractivity (Wildman–Crippen MR) is 101 cm³/mol. The van der Waals surface area contributed by atoms with Crippen LogP contribution in [-0.2, 0) is 0 Å². The monoisotopic (exact) mass is 384 g/mol. The van der Waals surface area contributed by atoms with E-state index in [0.29, 0.717) is 29.4 Å². The Morgan fingerprint density at radius 2 is 2.12 bits per heavy atom. The Morgan fingerprint density at radius 3 is 2.72 bits per heavy atom. The fourth-order valence-electron chi connectivity index (χ4n) is 2.23. The van der Waals surface area contributed by atoms with E-state index in [2.05, 4.69) is 4.98 Å². The summed E-state index contributed by atoms with van der Waals surface area (Å²) in [5.74, 6) is -0.190. The van der Waals surface area contributed by atoms with Crippen LogP contribution in [0.4, 0.5) is 5.69 Å². The van der Waals surface area contributed by atoms with E-state index in [1.165, 1.54) is 23.5 Å². The normalized spacial score (nSPS) is 10.9. The van der Waals surface area contributed by atoms with Gasteiger partial charge in [-0.2, -0.15) is 0 Å². The van der Waals surface area contributed by atoms with Gasteiger partial charge in [0.1, 0.15) is 10.7 Å². The smallest absolute Gasteiger partial charge is 0.273 e. The highest BCUT2D eigenvalue weighted by molar-refractivity contribution is 7.13. The minimum Gasteiger partial charge on any atom is -0.340 e. The highest BCUT2D eigenvalue weighted by Gasteiger charge is 2.23. The van der Waals surface area contributed by atoms with Crippen molar-refractivity contribution in [2.75, 3.05) is 20.1 Å². The molecular formula is C16H21ClN4O3S. The van der Waals surface area contributed by atoms with Crippen LogP contribution < -0.4 is 5.73 Å². The second-order valence-electron chi connectivity index (χ2n) is 6.37. The van der Waals surface area contributed by atoms with Crippen LogP contribution in [-0.4, -0.2) is 40.9 Å². The number of non-ortho nitro benzene ring substituents is 1. The number of rotatable bonds is 6. The molecule has 1 heterocycles. The summed E-state index contributed by atoms with van der Waals surface area (Å²) in [6, 6.07) is 6.22. The number of aromatic nitrogens is 1. The van der Waals surface area contributed by atoms with Crippen molar-refractivity contribution in [1.29, 1.82) is 0 Å². The zero-order valence-electron chi connectivity index (χ0n) is 14.3. The molecule has 25 heavy (non-hydrogen) atoms. The van der Waals surface area contributed by atoms with Crippen LogP contribution in [0.2, 0.25) is 0 Å². The van der Waals surface area contributed by atoms with Gasteiger partial charge in [-0.15, -0.1) is 23.7 Å². The second-order valence-corrected chi connectivity index (χ2v) is 7.23.